The molecule has 2 rings (SSSR count). The van der Waals surface area contributed by atoms with Gasteiger partial charge in [0.05, 0.1) is 5.69 Å². The summed E-state index contributed by atoms with van der Waals surface area (Å²) in [6.45, 7) is 8.45. The van der Waals surface area contributed by atoms with Crippen molar-refractivity contribution in [3.8, 4) is 0 Å². The van der Waals surface area contributed by atoms with Crippen LogP contribution in [0.3, 0.4) is 0 Å². The Labute approximate surface area is 102 Å². The van der Waals surface area contributed by atoms with Gasteiger partial charge in [-0.1, -0.05) is 6.92 Å². The Morgan fingerprint density at radius 2 is 2.25 bits per heavy atom. The monoisotopic (exact) mass is 239 g/mol. The van der Waals surface area contributed by atoms with E-state index in [-0.39, 0.29) is 0 Å². The van der Waals surface area contributed by atoms with E-state index in [9.17, 15) is 0 Å². The van der Waals surface area contributed by atoms with E-state index in [1.807, 2.05) is 0 Å². The molecular weight excluding hydrogens is 218 g/mol. The van der Waals surface area contributed by atoms with Crippen molar-refractivity contribution in [2.45, 2.75) is 46.2 Å². The van der Waals surface area contributed by atoms with Gasteiger partial charge in [-0.3, -0.25) is 0 Å². The van der Waals surface area contributed by atoms with Crippen molar-refractivity contribution in [2.75, 3.05) is 11.4 Å². The highest BCUT2D eigenvalue weighted by atomic mass is 32.1. The molecule has 1 aliphatic heterocycles. The van der Waals surface area contributed by atoms with E-state index in [0.717, 1.165) is 23.3 Å². The van der Waals surface area contributed by atoms with Crippen LogP contribution in [0.1, 0.15) is 37.3 Å². The van der Waals surface area contributed by atoms with Crippen molar-refractivity contribution >= 4 is 16.5 Å². The van der Waals surface area contributed by atoms with Gasteiger partial charge >= 0.3 is 0 Å². The van der Waals surface area contributed by atoms with Gasteiger partial charge in [0, 0.05) is 24.0 Å². The molecule has 2 N–H and O–H groups in total. The number of aryl methyl sites for hydroxylation is 1. The minimum atomic E-state index is 0.602. The molecule has 3 nitrogen and oxygen atoms in total. The second kappa shape index (κ2) is 4.72. The molecule has 1 fully saturated rings. The van der Waals surface area contributed by atoms with Crippen molar-refractivity contribution < 1.29 is 0 Å². The van der Waals surface area contributed by atoms with Gasteiger partial charge in [-0.15, -0.1) is 11.3 Å². The van der Waals surface area contributed by atoms with Crippen LogP contribution in [0.15, 0.2) is 0 Å². The van der Waals surface area contributed by atoms with Gasteiger partial charge < -0.3 is 10.6 Å². The summed E-state index contributed by atoms with van der Waals surface area (Å²) in [4.78, 5) is 8.33. The van der Waals surface area contributed by atoms with Gasteiger partial charge in [0.2, 0.25) is 0 Å². The fourth-order valence-corrected chi connectivity index (χ4v) is 3.38. The molecule has 1 aromatic rings. The lowest BCUT2D eigenvalue weighted by Gasteiger charge is -2.37. The highest BCUT2D eigenvalue weighted by Gasteiger charge is 2.27. The molecule has 4 heteroatoms. The quantitative estimate of drug-likeness (QED) is 0.862. The van der Waals surface area contributed by atoms with Gasteiger partial charge in [0.25, 0.3) is 0 Å². The predicted octanol–water partition coefficient (Wildman–Crippen LogP) is 2.54. The van der Waals surface area contributed by atoms with Crippen LogP contribution >= 0.6 is 11.3 Å². The molecule has 0 bridgehead atoms. The minimum absolute atomic E-state index is 0.602. The number of hydrogen-bond acceptors (Lipinski definition) is 4. The highest BCUT2D eigenvalue weighted by Crippen LogP contribution is 2.32. The average Bonchev–Trinajstić information content (AvgIpc) is 2.63. The van der Waals surface area contributed by atoms with Gasteiger partial charge in [0.1, 0.15) is 0 Å². The number of nitrogens with zero attached hydrogens (tertiary/aromatic N) is 2. The lowest BCUT2D eigenvalue weighted by atomic mass is 9.93. The second-order valence-corrected chi connectivity index (χ2v) is 5.82. The molecule has 2 unspecified atom stereocenters. The normalized spacial score (nSPS) is 26.1. The van der Waals surface area contributed by atoms with Crippen LogP contribution in [-0.2, 0) is 6.54 Å². The molecule has 0 saturated carbocycles. The summed E-state index contributed by atoms with van der Waals surface area (Å²) in [6, 6.07) is 0.602. The zero-order valence-electron chi connectivity index (χ0n) is 10.4. The standard InChI is InChI=1S/C12H21N3S/c1-8-5-4-6-15(10(8)3)12-14-9(2)11(7-13)16-12/h8,10H,4-7,13H2,1-3H3. The SMILES string of the molecule is Cc1nc(N2CCCC(C)C2C)sc1CN. The number of anilines is 1. The van der Waals surface area contributed by atoms with E-state index < -0.39 is 0 Å². The zero-order chi connectivity index (χ0) is 11.7. The smallest absolute Gasteiger partial charge is 0.186 e. The molecule has 2 heterocycles. The molecule has 0 spiro atoms. The Kier molecular flexibility index (Phi) is 3.50. The summed E-state index contributed by atoms with van der Waals surface area (Å²) >= 11 is 1.76. The Morgan fingerprint density at radius 3 is 2.88 bits per heavy atom. The summed E-state index contributed by atoms with van der Waals surface area (Å²) < 4.78 is 0. The van der Waals surface area contributed by atoms with Crippen molar-refractivity contribution in [2.24, 2.45) is 11.7 Å². The van der Waals surface area contributed by atoms with Crippen LogP contribution in [0, 0.1) is 12.8 Å². The van der Waals surface area contributed by atoms with Crippen LogP contribution in [0.2, 0.25) is 0 Å². The summed E-state index contributed by atoms with van der Waals surface area (Å²) in [6.07, 6.45) is 2.62. The maximum Gasteiger partial charge on any atom is 0.186 e. The van der Waals surface area contributed by atoms with E-state index >= 15 is 0 Å². The largest absolute Gasteiger partial charge is 0.345 e. The number of thiazole rings is 1. The highest BCUT2D eigenvalue weighted by molar-refractivity contribution is 7.15. The topological polar surface area (TPSA) is 42.2 Å². The summed E-state index contributed by atoms with van der Waals surface area (Å²) in [5.41, 5.74) is 6.81. The maximum atomic E-state index is 5.71. The van der Waals surface area contributed by atoms with Gasteiger partial charge in [-0.2, -0.15) is 0 Å². The van der Waals surface area contributed by atoms with Crippen molar-refractivity contribution in [3.63, 3.8) is 0 Å². The van der Waals surface area contributed by atoms with Crippen LogP contribution in [-0.4, -0.2) is 17.6 Å². The first-order valence-electron chi connectivity index (χ1n) is 6.06. The Morgan fingerprint density at radius 1 is 1.50 bits per heavy atom. The molecule has 1 aromatic heterocycles. The Balaban J connectivity index is 2.22. The third-order valence-electron chi connectivity index (χ3n) is 3.69. The average molecular weight is 239 g/mol. The zero-order valence-corrected chi connectivity index (χ0v) is 11.2. The first kappa shape index (κ1) is 11.9. The Bertz CT molecular complexity index is 361. The summed E-state index contributed by atoms with van der Waals surface area (Å²) in [5.74, 6) is 0.763. The first-order chi connectivity index (χ1) is 7.63. The number of nitrogens with two attached hydrogens (primary N) is 1. The number of aromatic nitrogens is 1. The van der Waals surface area contributed by atoms with Crippen molar-refractivity contribution in [1.82, 2.24) is 4.98 Å². The van der Waals surface area contributed by atoms with Crippen molar-refractivity contribution in [1.29, 1.82) is 0 Å². The molecule has 1 aliphatic rings. The van der Waals surface area contributed by atoms with Gasteiger partial charge in [-0.25, -0.2) is 4.98 Å². The lowest BCUT2D eigenvalue weighted by molar-refractivity contribution is 0.363. The lowest BCUT2D eigenvalue weighted by Crippen LogP contribution is -2.42. The molecule has 16 heavy (non-hydrogen) atoms. The van der Waals surface area contributed by atoms with Crippen LogP contribution < -0.4 is 10.6 Å². The van der Waals surface area contributed by atoms with Gasteiger partial charge in [-0.05, 0) is 32.6 Å². The molecular formula is C12H21N3S. The third kappa shape index (κ3) is 2.09. The van der Waals surface area contributed by atoms with E-state index in [1.165, 1.54) is 17.7 Å². The molecule has 0 radical (unpaired) electrons. The molecule has 0 aromatic carbocycles. The molecule has 2 atom stereocenters. The minimum Gasteiger partial charge on any atom is -0.345 e. The third-order valence-corrected chi connectivity index (χ3v) is 4.90. The van der Waals surface area contributed by atoms with E-state index in [0.29, 0.717) is 12.6 Å². The fraction of sp³-hybridized carbons (Fsp3) is 0.750. The van der Waals surface area contributed by atoms with E-state index in [2.05, 4.69) is 30.7 Å². The van der Waals surface area contributed by atoms with Crippen LogP contribution in [0.4, 0.5) is 5.13 Å². The molecule has 0 amide bonds. The van der Waals surface area contributed by atoms with Crippen molar-refractivity contribution in [3.05, 3.63) is 10.6 Å². The number of piperidine rings is 1. The Hall–Kier alpha value is -0.610. The number of hydrogen-bond donors (Lipinski definition) is 1. The summed E-state index contributed by atoms with van der Waals surface area (Å²) in [5, 5.41) is 1.16. The maximum absolute atomic E-state index is 5.71. The predicted molar refractivity (Wildman–Crippen MR) is 69.9 cm³/mol. The van der Waals surface area contributed by atoms with Gasteiger partial charge in [0.15, 0.2) is 5.13 Å². The summed E-state index contributed by atoms with van der Waals surface area (Å²) in [7, 11) is 0. The van der Waals surface area contributed by atoms with E-state index in [4.69, 9.17) is 5.73 Å². The molecule has 0 aliphatic carbocycles. The first-order valence-corrected chi connectivity index (χ1v) is 6.88. The van der Waals surface area contributed by atoms with Crippen LogP contribution in [0.5, 0.6) is 0 Å². The molecule has 90 valence electrons. The van der Waals surface area contributed by atoms with E-state index in [1.54, 1.807) is 11.3 Å². The van der Waals surface area contributed by atoms with Crippen LogP contribution in [0.25, 0.3) is 0 Å². The molecule has 1 saturated heterocycles. The fourth-order valence-electron chi connectivity index (χ4n) is 2.33. The number of rotatable bonds is 2. The second-order valence-electron chi connectivity index (χ2n) is 4.76.